The molecule has 0 aliphatic carbocycles. The van der Waals surface area contributed by atoms with E-state index in [1.165, 1.54) is 6.92 Å². The predicted octanol–water partition coefficient (Wildman–Crippen LogP) is -0.399. The van der Waals surface area contributed by atoms with Crippen molar-refractivity contribution < 1.29 is 18.7 Å². The van der Waals surface area contributed by atoms with Crippen LogP contribution in [0.25, 0.3) is 0 Å². The summed E-state index contributed by atoms with van der Waals surface area (Å²) in [5, 5.41) is 0. The molecule has 0 amide bonds. The summed E-state index contributed by atoms with van der Waals surface area (Å²) in [5.41, 5.74) is 0. The van der Waals surface area contributed by atoms with Gasteiger partial charge in [0.25, 0.3) is 0 Å². The van der Waals surface area contributed by atoms with Gasteiger partial charge in [0.05, 0.1) is 6.61 Å². The summed E-state index contributed by atoms with van der Waals surface area (Å²) in [7, 11) is 0. The first-order chi connectivity index (χ1) is 4.22. The van der Waals surface area contributed by atoms with E-state index in [4.69, 9.17) is 0 Å². The molecule has 5 heteroatoms. The normalized spacial score (nSPS) is 8.30. The van der Waals surface area contributed by atoms with Gasteiger partial charge >= 0.3 is 41.7 Å². The van der Waals surface area contributed by atoms with Crippen LogP contribution in [-0.2, 0) is 14.3 Å². The van der Waals surface area contributed by atoms with Gasteiger partial charge < -0.3 is 4.74 Å². The number of ether oxygens (including phenoxy) is 1. The summed E-state index contributed by atoms with van der Waals surface area (Å²) in [6.07, 6.45) is -1.57. The summed E-state index contributed by atoms with van der Waals surface area (Å²) in [5.74, 6) is -1.20. The van der Waals surface area contributed by atoms with Crippen molar-refractivity contribution in [2.24, 2.45) is 0 Å². The fraction of sp³-hybridized carbons (Fsp3) is 0.400. The minimum atomic E-state index is -1.39. The second kappa shape index (κ2) is 7.18. The number of halogens is 1. The molecule has 0 fully saturated rings. The average Bonchev–Trinajstić information content (AvgIpc) is 1.87. The van der Waals surface area contributed by atoms with E-state index in [2.05, 4.69) is 4.74 Å². The van der Waals surface area contributed by atoms with Gasteiger partial charge in [-0.1, -0.05) is 0 Å². The van der Waals surface area contributed by atoms with Crippen LogP contribution in [0.3, 0.4) is 0 Å². The van der Waals surface area contributed by atoms with Crippen LogP contribution in [0.5, 0.6) is 0 Å². The maximum absolute atomic E-state index is 11.8. The van der Waals surface area contributed by atoms with Gasteiger partial charge in [0.15, 0.2) is 6.29 Å². The van der Waals surface area contributed by atoms with Crippen LogP contribution >= 0.6 is 0 Å². The fourth-order valence-corrected chi connectivity index (χ4v) is 0.248. The molecular weight excluding hydrogens is 150 g/mol. The first kappa shape index (κ1) is 12.7. The third kappa shape index (κ3) is 4.90. The molecule has 0 aromatic carbocycles. The summed E-state index contributed by atoms with van der Waals surface area (Å²) in [4.78, 5) is 19.6. The van der Waals surface area contributed by atoms with E-state index >= 15 is 0 Å². The first-order valence-corrected chi connectivity index (χ1v) is 2.37. The molecule has 1 radical (unpaired) electrons. The number of hydrogen-bond acceptors (Lipinski definition) is 3. The van der Waals surface area contributed by atoms with Crippen LogP contribution in [0.4, 0.5) is 4.39 Å². The molecule has 0 aromatic rings. The minimum absolute atomic E-state index is 0. The molecule has 0 saturated carbocycles. The van der Waals surface area contributed by atoms with E-state index in [1.54, 1.807) is 0 Å². The summed E-state index contributed by atoms with van der Waals surface area (Å²) in [6.45, 7) is 1.59. The van der Waals surface area contributed by atoms with Gasteiger partial charge in [0.2, 0.25) is 0 Å². The van der Waals surface area contributed by atoms with Gasteiger partial charge in [0, 0.05) is 0 Å². The third-order valence-electron chi connectivity index (χ3n) is 0.574. The van der Waals surface area contributed by atoms with Crippen LogP contribution in [0, 0.1) is 6.17 Å². The Morgan fingerprint density at radius 3 is 2.50 bits per heavy atom. The van der Waals surface area contributed by atoms with Crippen molar-refractivity contribution in [3.63, 3.8) is 0 Å². The Hall–Kier alpha value is 0.0700. The van der Waals surface area contributed by atoms with E-state index in [0.29, 0.717) is 0 Å². The van der Waals surface area contributed by atoms with Gasteiger partial charge in [-0.2, -0.15) is 0 Å². The fourth-order valence-electron chi connectivity index (χ4n) is 0.248. The second-order valence-electron chi connectivity index (χ2n) is 1.19. The quantitative estimate of drug-likeness (QED) is 0.242. The summed E-state index contributed by atoms with van der Waals surface area (Å²) < 4.78 is 15.9. The van der Waals surface area contributed by atoms with Crippen LogP contribution in [0.1, 0.15) is 6.92 Å². The molecule has 0 heterocycles. The zero-order valence-electron chi connectivity index (χ0n) is 4.89. The number of carbonyl (C=O) groups excluding carboxylic acids is 2. The van der Waals surface area contributed by atoms with Crippen molar-refractivity contribution in [1.82, 2.24) is 0 Å². The Balaban J connectivity index is 0. The van der Waals surface area contributed by atoms with Gasteiger partial charge in [-0.3, -0.25) is 4.79 Å². The number of esters is 1. The Morgan fingerprint density at radius 2 is 2.20 bits per heavy atom. The number of aldehydes is 1. The van der Waals surface area contributed by atoms with Crippen LogP contribution < -0.4 is 0 Å². The SMILES string of the molecule is CCOC(=O)[C](F)C=O.[NaH]. The van der Waals surface area contributed by atoms with Gasteiger partial charge in [-0.05, 0) is 6.92 Å². The molecular formula is C5H7FNaO3. The number of carbonyl (C=O) groups is 2. The standard InChI is InChI=1S/C5H6FO3.Na.H/c1-2-9-5(8)4(6)3-7;;/h3H,2H2,1H3;;. The van der Waals surface area contributed by atoms with Crippen LogP contribution in [0.2, 0.25) is 0 Å². The van der Waals surface area contributed by atoms with Crippen molar-refractivity contribution >= 4 is 41.8 Å². The Labute approximate surface area is 80.2 Å². The Morgan fingerprint density at radius 1 is 1.70 bits per heavy atom. The van der Waals surface area contributed by atoms with Crippen LogP contribution in [0.15, 0.2) is 0 Å². The van der Waals surface area contributed by atoms with E-state index < -0.39 is 12.1 Å². The monoisotopic (exact) mass is 157 g/mol. The molecule has 0 saturated heterocycles. The Bertz CT molecular complexity index is 117. The van der Waals surface area contributed by atoms with E-state index in [9.17, 15) is 14.0 Å². The first-order valence-electron chi connectivity index (χ1n) is 2.37. The summed E-state index contributed by atoms with van der Waals surface area (Å²) in [6, 6.07) is 0. The van der Waals surface area contributed by atoms with Crippen molar-refractivity contribution in [3.05, 3.63) is 6.17 Å². The predicted molar refractivity (Wildman–Crippen MR) is 34.2 cm³/mol. The van der Waals surface area contributed by atoms with Crippen LogP contribution in [-0.4, -0.2) is 48.4 Å². The zero-order chi connectivity index (χ0) is 7.28. The molecule has 0 N–H and O–H groups in total. The molecule has 0 rings (SSSR count). The van der Waals surface area contributed by atoms with E-state index in [0.717, 1.165) is 0 Å². The molecule has 53 valence electrons. The van der Waals surface area contributed by atoms with E-state index in [-0.39, 0.29) is 42.5 Å². The zero-order valence-corrected chi connectivity index (χ0v) is 4.89. The third-order valence-corrected chi connectivity index (χ3v) is 0.574. The van der Waals surface area contributed by atoms with Crippen molar-refractivity contribution in [1.29, 1.82) is 0 Å². The molecule has 0 aliphatic heterocycles. The maximum atomic E-state index is 11.8. The average molecular weight is 157 g/mol. The second-order valence-corrected chi connectivity index (χ2v) is 1.19. The molecule has 0 bridgehead atoms. The van der Waals surface area contributed by atoms with Gasteiger partial charge in [-0.15, -0.1) is 0 Å². The molecule has 0 spiro atoms. The topological polar surface area (TPSA) is 43.4 Å². The summed E-state index contributed by atoms with van der Waals surface area (Å²) >= 11 is 0. The molecule has 0 unspecified atom stereocenters. The Kier molecular flexibility index (Phi) is 9.13. The number of rotatable bonds is 3. The molecule has 0 aliphatic rings. The molecule has 0 aromatic heterocycles. The molecule has 3 nitrogen and oxygen atoms in total. The van der Waals surface area contributed by atoms with Crippen molar-refractivity contribution in [3.8, 4) is 0 Å². The van der Waals surface area contributed by atoms with E-state index in [1.807, 2.05) is 0 Å². The molecule has 0 atom stereocenters. The van der Waals surface area contributed by atoms with Crippen molar-refractivity contribution in [2.45, 2.75) is 6.92 Å². The van der Waals surface area contributed by atoms with Crippen molar-refractivity contribution in [2.75, 3.05) is 6.61 Å². The molecule has 10 heavy (non-hydrogen) atoms. The number of hydrogen-bond donors (Lipinski definition) is 0. The van der Waals surface area contributed by atoms with Gasteiger partial charge in [-0.25, -0.2) is 9.18 Å². The van der Waals surface area contributed by atoms with Gasteiger partial charge in [0.1, 0.15) is 0 Å².